The quantitative estimate of drug-likeness (QED) is 0.394. The topological polar surface area (TPSA) is 75.6 Å². The smallest absolute Gasteiger partial charge is 0.409 e. The molecule has 2 aromatic heterocycles. The number of amides is 2. The summed E-state index contributed by atoms with van der Waals surface area (Å²) in [7, 11) is 1.39. The van der Waals surface area contributed by atoms with Crippen LogP contribution < -0.4 is 4.90 Å². The standard InChI is InChI=1S/C27H30N4O3S.C2H6/c1-34-26(33)30-13-10-27(11-14-30)22-9-12-28-17-24(22)31(25(27)32)18-23-21(8-5-15-35-2)20-7-4-3-6-19(20)16-29-23;1-2/h3-4,6-7,9,12,16-17H,5,8,10-11,13-15,18H2,1-2H3;1-2H3. The molecule has 1 fully saturated rings. The Bertz CT molecular complexity index is 1260. The Balaban J connectivity index is 0.00000156. The minimum Gasteiger partial charge on any atom is -0.453 e. The van der Waals surface area contributed by atoms with Gasteiger partial charge in [-0.3, -0.25) is 14.8 Å². The first kappa shape index (κ1) is 26.9. The van der Waals surface area contributed by atoms with Crippen LogP contribution in [0.4, 0.5) is 10.5 Å². The van der Waals surface area contributed by atoms with Gasteiger partial charge in [-0.25, -0.2) is 4.79 Å². The van der Waals surface area contributed by atoms with Gasteiger partial charge in [0.2, 0.25) is 5.91 Å². The summed E-state index contributed by atoms with van der Waals surface area (Å²) in [6, 6.07) is 10.3. The second-order valence-corrected chi connectivity index (χ2v) is 10.2. The molecule has 1 aromatic carbocycles. The summed E-state index contributed by atoms with van der Waals surface area (Å²) in [6.07, 6.45) is 10.4. The number of likely N-dealkylation sites (tertiary alicyclic amines) is 1. The summed E-state index contributed by atoms with van der Waals surface area (Å²) >= 11 is 1.84. The molecule has 1 spiro atoms. The van der Waals surface area contributed by atoms with Crippen molar-refractivity contribution in [2.24, 2.45) is 0 Å². The van der Waals surface area contributed by atoms with Crippen molar-refractivity contribution >= 4 is 40.2 Å². The van der Waals surface area contributed by atoms with Crippen molar-refractivity contribution in [2.45, 2.75) is 51.5 Å². The van der Waals surface area contributed by atoms with Crippen LogP contribution in [-0.4, -0.2) is 59.1 Å². The average Bonchev–Trinajstić information content (AvgIpc) is 3.17. The van der Waals surface area contributed by atoms with E-state index in [9.17, 15) is 9.59 Å². The van der Waals surface area contributed by atoms with Gasteiger partial charge >= 0.3 is 6.09 Å². The lowest BCUT2D eigenvalue weighted by molar-refractivity contribution is -0.124. The SMILES string of the molecule is CC.COC(=O)N1CCC2(CC1)C(=O)N(Cc1ncc3ccccc3c1CCCSC)c1cnccc12. The summed E-state index contributed by atoms with van der Waals surface area (Å²) in [5, 5.41) is 2.33. The number of ether oxygens (including phenoxy) is 1. The molecule has 0 atom stereocenters. The summed E-state index contributed by atoms with van der Waals surface area (Å²) in [5.41, 5.74) is 3.38. The normalized spacial score (nSPS) is 15.9. The number of anilines is 1. The monoisotopic (exact) mass is 520 g/mol. The van der Waals surface area contributed by atoms with Crippen molar-refractivity contribution in [2.75, 3.05) is 37.1 Å². The number of hydrogen-bond acceptors (Lipinski definition) is 6. The summed E-state index contributed by atoms with van der Waals surface area (Å²) in [5.74, 6) is 1.16. The van der Waals surface area contributed by atoms with Crippen molar-refractivity contribution in [1.29, 1.82) is 0 Å². The maximum absolute atomic E-state index is 14.1. The molecule has 0 bridgehead atoms. The Hall–Kier alpha value is -3.13. The van der Waals surface area contributed by atoms with Gasteiger partial charge in [-0.2, -0.15) is 11.8 Å². The number of thioether (sulfide) groups is 1. The van der Waals surface area contributed by atoms with E-state index >= 15 is 0 Å². The van der Waals surface area contributed by atoms with Gasteiger partial charge in [-0.05, 0) is 60.3 Å². The third kappa shape index (κ3) is 5.04. The summed E-state index contributed by atoms with van der Waals surface area (Å²) in [4.78, 5) is 38.8. The van der Waals surface area contributed by atoms with Gasteiger partial charge in [-0.15, -0.1) is 0 Å². The average molecular weight is 521 g/mol. The predicted molar refractivity (Wildman–Crippen MR) is 150 cm³/mol. The fourth-order valence-corrected chi connectivity index (χ4v) is 5.99. The molecule has 8 heteroatoms. The highest BCUT2D eigenvalue weighted by Crippen LogP contribution is 2.48. The van der Waals surface area contributed by atoms with E-state index in [0.29, 0.717) is 32.5 Å². The molecule has 196 valence electrons. The zero-order valence-corrected chi connectivity index (χ0v) is 23.0. The molecular formula is C29H36N4O3S. The number of benzene rings is 1. The van der Waals surface area contributed by atoms with Crippen LogP contribution in [-0.2, 0) is 27.9 Å². The lowest BCUT2D eigenvalue weighted by atomic mass is 9.74. The van der Waals surface area contributed by atoms with Crippen LogP contribution in [0.5, 0.6) is 0 Å². The fraction of sp³-hybridized carbons (Fsp3) is 0.448. The van der Waals surface area contributed by atoms with E-state index < -0.39 is 5.41 Å². The molecule has 2 amide bonds. The molecule has 0 saturated carbocycles. The molecule has 7 nitrogen and oxygen atoms in total. The molecule has 2 aliphatic heterocycles. The van der Waals surface area contributed by atoms with Crippen molar-refractivity contribution in [3.63, 3.8) is 0 Å². The zero-order valence-electron chi connectivity index (χ0n) is 22.2. The number of pyridine rings is 2. The van der Waals surface area contributed by atoms with Crippen LogP contribution in [0, 0.1) is 0 Å². The minimum absolute atomic E-state index is 0.0787. The number of hydrogen-bond donors (Lipinski definition) is 0. The van der Waals surface area contributed by atoms with Crippen LogP contribution in [0.2, 0.25) is 0 Å². The number of aromatic nitrogens is 2. The second-order valence-electron chi connectivity index (χ2n) is 9.19. The highest BCUT2D eigenvalue weighted by Gasteiger charge is 2.52. The number of fused-ring (bicyclic) bond motifs is 3. The Labute approximate surface area is 223 Å². The maximum Gasteiger partial charge on any atom is 0.409 e. The molecule has 5 rings (SSSR count). The molecule has 2 aliphatic rings. The van der Waals surface area contributed by atoms with Gasteiger partial charge < -0.3 is 14.5 Å². The third-order valence-electron chi connectivity index (χ3n) is 7.39. The van der Waals surface area contributed by atoms with Crippen LogP contribution >= 0.6 is 11.8 Å². The predicted octanol–water partition coefficient (Wildman–Crippen LogP) is 5.60. The van der Waals surface area contributed by atoms with Crippen molar-refractivity contribution in [3.8, 4) is 0 Å². The van der Waals surface area contributed by atoms with E-state index in [4.69, 9.17) is 9.72 Å². The first-order chi connectivity index (χ1) is 18.1. The number of nitrogens with zero attached hydrogens (tertiary/aromatic N) is 4. The summed E-state index contributed by atoms with van der Waals surface area (Å²) in [6.45, 7) is 5.39. The molecule has 0 aliphatic carbocycles. The lowest BCUT2D eigenvalue weighted by Gasteiger charge is -2.37. The number of carbonyl (C=O) groups excluding carboxylic acids is 2. The zero-order chi connectivity index (χ0) is 26.4. The Morgan fingerprint density at radius 3 is 2.62 bits per heavy atom. The highest BCUT2D eigenvalue weighted by atomic mass is 32.2. The first-order valence-electron chi connectivity index (χ1n) is 13.0. The fourth-order valence-electron chi connectivity index (χ4n) is 5.55. The molecule has 0 N–H and O–H groups in total. The Kier molecular flexibility index (Phi) is 8.69. The van der Waals surface area contributed by atoms with E-state index in [1.54, 1.807) is 17.3 Å². The number of piperidine rings is 1. The van der Waals surface area contributed by atoms with Crippen LogP contribution in [0.15, 0.2) is 48.9 Å². The van der Waals surface area contributed by atoms with Crippen LogP contribution in [0.25, 0.3) is 10.8 Å². The van der Waals surface area contributed by atoms with E-state index in [1.165, 1.54) is 18.1 Å². The maximum atomic E-state index is 14.1. The van der Waals surface area contributed by atoms with E-state index in [0.717, 1.165) is 40.9 Å². The molecule has 1 saturated heterocycles. The lowest BCUT2D eigenvalue weighted by Crippen LogP contribution is -2.50. The van der Waals surface area contributed by atoms with E-state index in [2.05, 4.69) is 29.4 Å². The van der Waals surface area contributed by atoms with E-state index in [-0.39, 0.29) is 12.0 Å². The van der Waals surface area contributed by atoms with Gasteiger partial charge in [0.05, 0.1) is 36.6 Å². The Morgan fingerprint density at radius 2 is 1.89 bits per heavy atom. The van der Waals surface area contributed by atoms with Gasteiger partial charge in [0.15, 0.2) is 0 Å². The number of aryl methyl sites for hydroxylation is 1. The van der Waals surface area contributed by atoms with Gasteiger partial charge in [0, 0.05) is 30.9 Å². The van der Waals surface area contributed by atoms with E-state index in [1.807, 2.05) is 48.8 Å². The molecule has 0 unspecified atom stereocenters. The number of rotatable bonds is 6. The van der Waals surface area contributed by atoms with Crippen LogP contribution in [0.3, 0.4) is 0 Å². The van der Waals surface area contributed by atoms with Crippen LogP contribution in [0.1, 0.15) is 49.9 Å². The molecular weight excluding hydrogens is 484 g/mol. The summed E-state index contributed by atoms with van der Waals surface area (Å²) < 4.78 is 4.90. The van der Waals surface area contributed by atoms with Gasteiger partial charge in [0.1, 0.15) is 0 Å². The minimum atomic E-state index is -0.640. The molecule has 37 heavy (non-hydrogen) atoms. The largest absolute Gasteiger partial charge is 0.453 e. The van der Waals surface area contributed by atoms with Crippen molar-refractivity contribution in [3.05, 3.63) is 65.7 Å². The molecule has 3 aromatic rings. The highest BCUT2D eigenvalue weighted by molar-refractivity contribution is 7.98. The van der Waals surface area contributed by atoms with Crippen molar-refractivity contribution < 1.29 is 14.3 Å². The van der Waals surface area contributed by atoms with Gasteiger partial charge in [-0.1, -0.05) is 38.1 Å². The first-order valence-corrected chi connectivity index (χ1v) is 14.4. The second kappa shape index (κ2) is 11.9. The number of carbonyl (C=O) groups is 2. The van der Waals surface area contributed by atoms with Gasteiger partial charge in [0.25, 0.3) is 0 Å². The Morgan fingerprint density at radius 1 is 1.14 bits per heavy atom. The third-order valence-corrected chi connectivity index (χ3v) is 8.08. The van der Waals surface area contributed by atoms with Crippen molar-refractivity contribution in [1.82, 2.24) is 14.9 Å². The number of methoxy groups -OCH3 is 1. The molecule has 4 heterocycles. The molecule has 0 radical (unpaired) electrons.